The Hall–Kier alpha value is -1.91. The lowest BCUT2D eigenvalue weighted by Gasteiger charge is -2.37. The summed E-state index contributed by atoms with van der Waals surface area (Å²) in [6, 6.07) is 14.2. The van der Waals surface area contributed by atoms with Crippen molar-refractivity contribution in [1.82, 2.24) is 5.06 Å². The Morgan fingerprint density at radius 2 is 1.80 bits per heavy atom. The van der Waals surface area contributed by atoms with Crippen LogP contribution in [0.25, 0.3) is 0 Å². The molecule has 2 aromatic carbocycles. The lowest BCUT2D eigenvalue weighted by atomic mass is 10.1. The molecule has 0 saturated carbocycles. The van der Waals surface area contributed by atoms with E-state index < -0.39 is 0 Å². The predicted molar refractivity (Wildman–Crippen MR) is 84.7 cm³/mol. The molecule has 0 amide bonds. The Labute approximate surface area is 124 Å². The van der Waals surface area contributed by atoms with Gasteiger partial charge in [0.2, 0.25) is 0 Å². The lowest BCUT2D eigenvalue weighted by Crippen LogP contribution is -2.42. The molecule has 2 aromatic rings. The van der Waals surface area contributed by atoms with E-state index in [4.69, 9.17) is 12.2 Å². The van der Waals surface area contributed by atoms with E-state index in [0.717, 1.165) is 22.0 Å². The fraction of sp³-hybridized carbons (Fsp3) is 0.188. The van der Waals surface area contributed by atoms with Crippen LogP contribution in [0.2, 0.25) is 0 Å². The van der Waals surface area contributed by atoms with Crippen LogP contribution in [0.3, 0.4) is 0 Å². The lowest BCUT2D eigenvalue weighted by molar-refractivity contribution is -0.0101. The fourth-order valence-corrected chi connectivity index (χ4v) is 2.85. The third kappa shape index (κ3) is 2.07. The van der Waals surface area contributed by atoms with Gasteiger partial charge in [-0.3, -0.25) is 5.21 Å². The van der Waals surface area contributed by atoms with Crippen LogP contribution >= 0.6 is 12.2 Å². The molecule has 3 rings (SSSR count). The van der Waals surface area contributed by atoms with Crippen LogP contribution < -0.4 is 4.90 Å². The van der Waals surface area contributed by atoms with E-state index in [0.29, 0.717) is 11.7 Å². The summed E-state index contributed by atoms with van der Waals surface area (Å²) in [7, 11) is 0. The molecule has 0 unspecified atom stereocenters. The van der Waals surface area contributed by atoms with Gasteiger partial charge in [-0.15, -0.1) is 0 Å². The summed E-state index contributed by atoms with van der Waals surface area (Å²) in [5.41, 5.74) is 5.42. The molecule has 4 heteroatoms. The SMILES string of the molecule is Cc1ccc(N2CN(O)C(=S)c3ccccc32)c(C)c1. The van der Waals surface area contributed by atoms with Gasteiger partial charge in [-0.2, -0.15) is 0 Å². The zero-order valence-corrected chi connectivity index (χ0v) is 12.3. The van der Waals surface area contributed by atoms with Gasteiger partial charge in [-0.25, -0.2) is 5.06 Å². The Morgan fingerprint density at radius 3 is 2.55 bits per heavy atom. The molecule has 0 bridgehead atoms. The highest BCUT2D eigenvalue weighted by molar-refractivity contribution is 7.80. The zero-order chi connectivity index (χ0) is 14.3. The number of aryl methyl sites for hydroxylation is 2. The molecule has 0 atom stereocenters. The van der Waals surface area contributed by atoms with Crippen molar-refractivity contribution in [2.45, 2.75) is 13.8 Å². The summed E-state index contributed by atoms with van der Waals surface area (Å²) < 4.78 is 0. The minimum Gasteiger partial charge on any atom is -0.320 e. The number of hydroxylamine groups is 2. The first-order valence-corrected chi connectivity index (χ1v) is 6.93. The first-order valence-electron chi connectivity index (χ1n) is 6.52. The molecule has 0 aromatic heterocycles. The van der Waals surface area contributed by atoms with Crippen molar-refractivity contribution in [2.24, 2.45) is 0 Å². The van der Waals surface area contributed by atoms with Crippen molar-refractivity contribution in [3.8, 4) is 0 Å². The van der Waals surface area contributed by atoms with E-state index in [9.17, 15) is 5.21 Å². The van der Waals surface area contributed by atoms with Crippen LogP contribution in [0, 0.1) is 13.8 Å². The van der Waals surface area contributed by atoms with Crippen LogP contribution in [-0.2, 0) is 0 Å². The maximum atomic E-state index is 10.1. The molecule has 20 heavy (non-hydrogen) atoms. The molecule has 1 aliphatic rings. The van der Waals surface area contributed by atoms with Crippen LogP contribution in [0.5, 0.6) is 0 Å². The third-order valence-corrected chi connectivity index (χ3v) is 4.01. The Balaban J connectivity index is 2.15. The maximum absolute atomic E-state index is 10.1. The van der Waals surface area contributed by atoms with Crippen molar-refractivity contribution in [2.75, 3.05) is 11.6 Å². The topological polar surface area (TPSA) is 26.7 Å². The van der Waals surface area contributed by atoms with Crippen LogP contribution in [0.4, 0.5) is 11.4 Å². The molecule has 102 valence electrons. The number of hydrogen-bond donors (Lipinski definition) is 1. The van der Waals surface area contributed by atoms with Crippen molar-refractivity contribution >= 4 is 28.6 Å². The second-order valence-electron chi connectivity index (χ2n) is 5.08. The highest BCUT2D eigenvalue weighted by atomic mass is 32.1. The standard InChI is InChI=1S/C16H16N2OS/c1-11-7-8-14(12(2)9-11)17-10-18(19)16(20)13-5-3-4-6-15(13)17/h3-9,19H,10H2,1-2H3. The summed E-state index contributed by atoms with van der Waals surface area (Å²) in [5, 5.41) is 11.2. The van der Waals surface area contributed by atoms with Crippen molar-refractivity contribution in [3.63, 3.8) is 0 Å². The van der Waals surface area contributed by atoms with E-state index in [1.165, 1.54) is 11.1 Å². The van der Waals surface area contributed by atoms with Gasteiger partial charge in [0.05, 0.1) is 5.69 Å². The molecule has 1 N–H and O–H groups in total. The first kappa shape index (κ1) is 13.1. The van der Waals surface area contributed by atoms with Gasteiger partial charge in [0.25, 0.3) is 0 Å². The van der Waals surface area contributed by atoms with Crippen LogP contribution in [0.1, 0.15) is 16.7 Å². The highest BCUT2D eigenvalue weighted by Gasteiger charge is 2.26. The van der Waals surface area contributed by atoms with E-state index in [2.05, 4.69) is 36.9 Å². The molecular formula is C16H16N2OS. The molecule has 3 nitrogen and oxygen atoms in total. The number of thiocarbonyl (C=S) groups is 1. The number of fused-ring (bicyclic) bond motifs is 1. The number of para-hydroxylation sites is 1. The average molecular weight is 284 g/mol. The normalized spacial score (nSPS) is 14.4. The van der Waals surface area contributed by atoms with Gasteiger partial charge >= 0.3 is 0 Å². The smallest absolute Gasteiger partial charge is 0.138 e. The molecule has 1 aliphatic heterocycles. The highest BCUT2D eigenvalue weighted by Crippen LogP contribution is 2.35. The average Bonchev–Trinajstić information content (AvgIpc) is 2.43. The largest absolute Gasteiger partial charge is 0.320 e. The Bertz CT molecular complexity index is 684. The van der Waals surface area contributed by atoms with E-state index in [1.54, 1.807) is 0 Å². The number of nitrogens with zero attached hydrogens (tertiary/aromatic N) is 2. The quantitative estimate of drug-likeness (QED) is 0.806. The second-order valence-corrected chi connectivity index (χ2v) is 5.47. The zero-order valence-electron chi connectivity index (χ0n) is 11.5. The van der Waals surface area contributed by atoms with Gasteiger partial charge in [0.1, 0.15) is 11.7 Å². The monoisotopic (exact) mass is 284 g/mol. The van der Waals surface area contributed by atoms with Gasteiger partial charge in [-0.05, 0) is 37.6 Å². The summed E-state index contributed by atoms with van der Waals surface area (Å²) in [5.74, 6) is 0. The van der Waals surface area contributed by atoms with Gasteiger partial charge in [0, 0.05) is 11.3 Å². The van der Waals surface area contributed by atoms with E-state index >= 15 is 0 Å². The number of anilines is 2. The number of benzene rings is 2. The molecule has 0 saturated heterocycles. The molecule has 1 heterocycles. The minimum atomic E-state index is 0.347. The Morgan fingerprint density at radius 1 is 1.05 bits per heavy atom. The van der Waals surface area contributed by atoms with Crippen molar-refractivity contribution in [3.05, 3.63) is 59.2 Å². The second kappa shape index (κ2) is 4.89. The molecule has 0 spiro atoms. The molecular weight excluding hydrogens is 268 g/mol. The summed E-state index contributed by atoms with van der Waals surface area (Å²) in [6.45, 7) is 4.51. The van der Waals surface area contributed by atoms with Crippen molar-refractivity contribution in [1.29, 1.82) is 0 Å². The van der Waals surface area contributed by atoms with Gasteiger partial charge in [-0.1, -0.05) is 42.0 Å². The minimum absolute atomic E-state index is 0.347. The van der Waals surface area contributed by atoms with E-state index in [1.807, 2.05) is 24.3 Å². The first-order chi connectivity index (χ1) is 9.58. The maximum Gasteiger partial charge on any atom is 0.138 e. The number of hydrogen-bond acceptors (Lipinski definition) is 3. The van der Waals surface area contributed by atoms with Crippen LogP contribution in [0.15, 0.2) is 42.5 Å². The summed E-state index contributed by atoms with van der Waals surface area (Å²) in [6.07, 6.45) is 0. The van der Waals surface area contributed by atoms with E-state index in [-0.39, 0.29) is 0 Å². The van der Waals surface area contributed by atoms with Crippen molar-refractivity contribution < 1.29 is 5.21 Å². The number of rotatable bonds is 1. The van der Waals surface area contributed by atoms with Gasteiger partial charge in [0.15, 0.2) is 0 Å². The summed E-state index contributed by atoms with van der Waals surface area (Å²) >= 11 is 5.29. The molecule has 0 aliphatic carbocycles. The van der Waals surface area contributed by atoms with Gasteiger partial charge < -0.3 is 4.90 Å². The molecule has 0 fully saturated rings. The Kier molecular flexibility index (Phi) is 3.20. The predicted octanol–water partition coefficient (Wildman–Crippen LogP) is 3.78. The molecule has 0 radical (unpaired) electrons. The van der Waals surface area contributed by atoms with Crippen LogP contribution in [-0.4, -0.2) is 21.9 Å². The fourth-order valence-electron chi connectivity index (χ4n) is 2.62. The summed E-state index contributed by atoms with van der Waals surface area (Å²) in [4.78, 5) is 2.56. The third-order valence-electron chi connectivity index (χ3n) is 3.58.